The average Bonchev–Trinajstić information content (AvgIpc) is 2.89. The molecule has 3 aromatic carbocycles. The third kappa shape index (κ3) is 4.95. The van der Waals surface area contributed by atoms with Crippen LogP contribution < -0.4 is 15.0 Å². The first-order valence-electron chi connectivity index (χ1n) is 10.9. The number of halogens is 1. The van der Waals surface area contributed by atoms with E-state index in [1.54, 1.807) is 42.7 Å². The van der Waals surface area contributed by atoms with Gasteiger partial charge in [-0.05, 0) is 84.0 Å². The number of ether oxygens (including phenoxy) is 1. The SMILES string of the molecule is O=C1NC(=S)N(c2ccc(Oc3ccccc3)cc2)C(=O)/C1=C/c1cnccc1-c1ccc(Br)cc1. The molecule has 8 heteroatoms. The monoisotopic (exact) mass is 555 g/mol. The highest BCUT2D eigenvalue weighted by molar-refractivity contribution is 9.10. The summed E-state index contributed by atoms with van der Waals surface area (Å²) in [6.07, 6.45) is 4.84. The number of hydrogen-bond acceptors (Lipinski definition) is 5. The van der Waals surface area contributed by atoms with Crippen LogP contribution in [0, 0.1) is 0 Å². The number of anilines is 1. The van der Waals surface area contributed by atoms with Crippen LogP contribution in [0.4, 0.5) is 5.69 Å². The lowest BCUT2D eigenvalue weighted by Gasteiger charge is -2.29. The topological polar surface area (TPSA) is 71.5 Å². The number of para-hydroxylation sites is 1. The van der Waals surface area contributed by atoms with Gasteiger partial charge in [-0.3, -0.25) is 24.8 Å². The van der Waals surface area contributed by atoms with E-state index in [0.717, 1.165) is 15.6 Å². The number of rotatable bonds is 5. The predicted molar refractivity (Wildman–Crippen MR) is 147 cm³/mol. The molecule has 1 N–H and O–H groups in total. The van der Waals surface area contributed by atoms with Crippen molar-refractivity contribution in [2.75, 3.05) is 4.90 Å². The molecular formula is C28H18BrN3O3S. The first-order chi connectivity index (χ1) is 17.5. The minimum Gasteiger partial charge on any atom is -0.457 e. The fraction of sp³-hybridized carbons (Fsp3) is 0. The van der Waals surface area contributed by atoms with Gasteiger partial charge in [-0.25, -0.2) is 0 Å². The van der Waals surface area contributed by atoms with Gasteiger partial charge in [0, 0.05) is 22.4 Å². The lowest BCUT2D eigenvalue weighted by atomic mass is 9.99. The molecule has 36 heavy (non-hydrogen) atoms. The molecule has 0 radical (unpaired) electrons. The molecule has 0 bridgehead atoms. The van der Waals surface area contributed by atoms with Gasteiger partial charge in [-0.1, -0.05) is 46.3 Å². The van der Waals surface area contributed by atoms with Crippen molar-refractivity contribution in [1.82, 2.24) is 10.3 Å². The molecule has 0 atom stereocenters. The van der Waals surface area contributed by atoms with Gasteiger partial charge in [-0.15, -0.1) is 0 Å². The summed E-state index contributed by atoms with van der Waals surface area (Å²) in [7, 11) is 0. The van der Waals surface area contributed by atoms with E-state index < -0.39 is 11.8 Å². The highest BCUT2D eigenvalue weighted by atomic mass is 79.9. The number of aromatic nitrogens is 1. The number of amides is 2. The number of carbonyl (C=O) groups is 2. The van der Waals surface area contributed by atoms with Gasteiger partial charge in [0.15, 0.2) is 5.11 Å². The summed E-state index contributed by atoms with van der Waals surface area (Å²) >= 11 is 8.77. The van der Waals surface area contributed by atoms with E-state index in [0.29, 0.717) is 22.7 Å². The van der Waals surface area contributed by atoms with Crippen molar-refractivity contribution in [1.29, 1.82) is 0 Å². The number of nitrogens with zero attached hydrogens (tertiary/aromatic N) is 2. The van der Waals surface area contributed by atoms with Crippen LogP contribution >= 0.6 is 28.1 Å². The number of hydrogen-bond donors (Lipinski definition) is 1. The molecule has 1 aliphatic heterocycles. The van der Waals surface area contributed by atoms with Crippen LogP contribution in [0.2, 0.25) is 0 Å². The lowest BCUT2D eigenvalue weighted by Crippen LogP contribution is -2.54. The molecule has 0 aliphatic carbocycles. The van der Waals surface area contributed by atoms with E-state index in [-0.39, 0.29) is 10.7 Å². The fourth-order valence-corrected chi connectivity index (χ4v) is 4.29. The zero-order chi connectivity index (χ0) is 25.1. The standard InChI is InChI=1S/C28H18BrN3O3S/c29-20-8-6-18(7-9-20)24-14-15-30-17-19(24)16-25-26(33)31-28(36)32(27(25)34)21-10-12-23(13-11-21)35-22-4-2-1-3-5-22/h1-17H,(H,31,33,36)/b25-16+. The molecule has 5 rings (SSSR count). The maximum Gasteiger partial charge on any atom is 0.270 e. The Labute approximate surface area is 221 Å². The van der Waals surface area contributed by atoms with Gasteiger partial charge in [-0.2, -0.15) is 0 Å². The molecular weight excluding hydrogens is 538 g/mol. The molecule has 0 spiro atoms. The van der Waals surface area contributed by atoms with Crippen molar-refractivity contribution < 1.29 is 14.3 Å². The summed E-state index contributed by atoms with van der Waals surface area (Å²) in [5.41, 5.74) is 2.87. The molecule has 176 valence electrons. The smallest absolute Gasteiger partial charge is 0.270 e. The Morgan fingerprint density at radius 1 is 0.889 bits per heavy atom. The third-order valence-corrected chi connectivity index (χ3v) is 6.30. The Morgan fingerprint density at radius 2 is 1.58 bits per heavy atom. The summed E-state index contributed by atoms with van der Waals surface area (Å²) < 4.78 is 6.78. The van der Waals surface area contributed by atoms with Crippen molar-refractivity contribution >= 4 is 56.8 Å². The summed E-state index contributed by atoms with van der Waals surface area (Å²) in [5.74, 6) is 0.224. The van der Waals surface area contributed by atoms with Crippen molar-refractivity contribution in [3.05, 3.63) is 113 Å². The second kappa shape index (κ2) is 10.2. The maximum absolute atomic E-state index is 13.5. The normalized spacial score (nSPS) is 14.6. The van der Waals surface area contributed by atoms with Crippen LogP contribution in [0.15, 0.2) is 107 Å². The van der Waals surface area contributed by atoms with Crippen LogP contribution in [-0.4, -0.2) is 21.9 Å². The number of nitrogens with one attached hydrogen (secondary N) is 1. The van der Waals surface area contributed by atoms with Crippen LogP contribution in [0.25, 0.3) is 17.2 Å². The van der Waals surface area contributed by atoms with Crippen LogP contribution in [0.1, 0.15) is 5.56 Å². The van der Waals surface area contributed by atoms with E-state index in [4.69, 9.17) is 17.0 Å². The molecule has 1 fully saturated rings. The first kappa shape index (κ1) is 23.6. The molecule has 2 amide bonds. The third-order valence-electron chi connectivity index (χ3n) is 5.48. The number of pyridine rings is 1. The zero-order valence-electron chi connectivity index (χ0n) is 18.7. The summed E-state index contributed by atoms with van der Waals surface area (Å²) in [5, 5.41) is 2.63. The van der Waals surface area contributed by atoms with Gasteiger partial charge in [0.2, 0.25) is 0 Å². The molecule has 0 saturated carbocycles. The fourth-order valence-electron chi connectivity index (χ4n) is 3.75. The molecule has 2 heterocycles. The molecule has 1 saturated heterocycles. The number of carbonyl (C=O) groups excluding carboxylic acids is 2. The van der Waals surface area contributed by atoms with Gasteiger partial charge >= 0.3 is 0 Å². The second-order valence-electron chi connectivity index (χ2n) is 7.84. The highest BCUT2D eigenvalue weighted by Crippen LogP contribution is 2.29. The Kier molecular flexibility index (Phi) is 6.71. The molecule has 4 aromatic rings. The Morgan fingerprint density at radius 3 is 2.31 bits per heavy atom. The van der Waals surface area contributed by atoms with Gasteiger partial charge in [0.1, 0.15) is 17.1 Å². The molecule has 1 aliphatic rings. The first-order valence-corrected chi connectivity index (χ1v) is 12.1. The summed E-state index contributed by atoms with van der Waals surface area (Å²) in [6.45, 7) is 0. The second-order valence-corrected chi connectivity index (χ2v) is 9.14. The van der Waals surface area contributed by atoms with Gasteiger partial charge in [0.05, 0.1) is 5.69 Å². The van der Waals surface area contributed by atoms with Crippen LogP contribution in [0.5, 0.6) is 11.5 Å². The van der Waals surface area contributed by atoms with Crippen molar-refractivity contribution in [2.45, 2.75) is 0 Å². The van der Waals surface area contributed by atoms with E-state index in [1.165, 1.54) is 4.90 Å². The minimum atomic E-state index is -0.559. The van der Waals surface area contributed by atoms with Crippen molar-refractivity contribution in [3.8, 4) is 22.6 Å². The Bertz CT molecular complexity index is 1490. The minimum absolute atomic E-state index is 0.0122. The molecule has 0 unspecified atom stereocenters. The van der Waals surface area contributed by atoms with Gasteiger partial charge < -0.3 is 4.74 Å². The Balaban J connectivity index is 1.45. The van der Waals surface area contributed by atoms with Crippen molar-refractivity contribution in [3.63, 3.8) is 0 Å². The highest BCUT2D eigenvalue weighted by Gasteiger charge is 2.34. The summed E-state index contributed by atoms with van der Waals surface area (Å²) in [4.78, 5) is 31.7. The van der Waals surface area contributed by atoms with Gasteiger partial charge in [0.25, 0.3) is 11.8 Å². The maximum atomic E-state index is 13.5. The van der Waals surface area contributed by atoms with Crippen molar-refractivity contribution in [2.24, 2.45) is 0 Å². The zero-order valence-corrected chi connectivity index (χ0v) is 21.1. The van der Waals surface area contributed by atoms with E-state index in [9.17, 15) is 9.59 Å². The molecule has 1 aromatic heterocycles. The quantitative estimate of drug-likeness (QED) is 0.182. The largest absolute Gasteiger partial charge is 0.457 e. The Hall–Kier alpha value is -4.14. The summed E-state index contributed by atoms with van der Waals surface area (Å²) in [6, 6.07) is 25.9. The number of thiocarbonyl (C=S) groups is 1. The van der Waals surface area contributed by atoms with E-state index in [1.807, 2.05) is 60.7 Å². The molecule has 6 nitrogen and oxygen atoms in total. The van der Waals surface area contributed by atoms with Crippen LogP contribution in [-0.2, 0) is 9.59 Å². The van der Waals surface area contributed by atoms with E-state index >= 15 is 0 Å². The van der Waals surface area contributed by atoms with Crippen LogP contribution in [0.3, 0.4) is 0 Å². The lowest BCUT2D eigenvalue weighted by molar-refractivity contribution is -0.122. The van der Waals surface area contributed by atoms with E-state index in [2.05, 4.69) is 26.2 Å². The predicted octanol–water partition coefficient (Wildman–Crippen LogP) is 6.13. The number of benzene rings is 3. The average molecular weight is 556 g/mol.